The highest BCUT2D eigenvalue weighted by molar-refractivity contribution is 14.0. The molecule has 0 radical (unpaired) electrons. The molecule has 0 aliphatic rings. The smallest absolute Gasteiger partial charge is 0.192 e. The normalized spacial score (nSPS) is 12.4. The number of hydrogen-bond acceptors (Lipinski definition) is 3. The van der Waals surface area contributed by atoms with Gasteiger partial charge < -0.3 is 15.2 Å². The van der Waals surface area contributed by atoms with Gasteiger partial charge in [0.1, 0.15) is 12.4 Å². The Kier molecular flexibility index (Phi) is 10.2. The van der Waals surface area contributed by atoms with Crippen LogP contribution in [0.25, 0.3) is 0 Å². The number of guanidine groups is 1. The van der Waals surface area contributed by atoms with Crippen LogP contribution in [0.1, 0.15) is 56.4 Å². The Bertz CT molecular complexity index is 668. The number of nitrogens with zero attached hydrogens (tertiary/aromatic N) is 4. The van der Waals surface area contributed by atoms with E-state index in [0.29, 0.717) is 6.54 Å². The number of unbranched alkanes of at least 4 members (excludes halogenated alkanes) is 2. The zero-order valence-electron chi connectivity index (χ0n) is 16.2. The third-order valence-corrected chi connectivity index (χ3v) is 4.29. The minimum Gasteiger partial charge on any atom is -0.356 e. The lowest BCUT2D eigenvalue weighted by molar-refractivity contribution is 0.648. The van der Waals surface area contributed by atoms with E-state index in [0.717, 1.165) is 30.6 Å². The fourth-order valence-electron chi connectivity index (χ4n) is 2.50. The summed E-state index contributed by atoms with van der Waals surface area (Å²) >= 11 is 0. The standard InChI is InChI=1S/C19H30N6.HI/c1-5-6-10-13-20-19(21-14-18-24-23-16(3)25(18)4)22-15(2)17-11-8-7-9-12-17;/h7-9,11-12,15H,5-6,10,13-14H2,1-4H3,(H2,20,21,22);1H. The molecule has 0 amide bonds. The van der Waals surface area contributed by atoms with Gasteiger partial charge in [0, 0.05) is 13.6 Å². The lowest BCUT2D eigenvalue weighted by Crippen LogP contribution is -2.39. The van der Waals surface area contributed by atoms with E-state index in [1.165, 1.54) is 18.4 Å². The van der Waals surface area contributed by atoms with Crippen LogP contribution in [0.4, 0.5) is 0 Å². The van der Waals surface area contributed by atoms with Gasteiger partial charge in [-0.15, -0.1) is 34.2 Å². The van der Waals surface area contributed by atoms with E-state index >= 15 is 0 Å². The maximum absolute atomic E-state index is 4.70. The Labute approximate surface area is 173 Å². The molecule has 0 bridgehead atoms. The van der Waals surface area contributed by atoms with Crippen molar-refractivity contribution in [3.63, 3.8) is 0 Å². The minimum absolute atomic E-state index is 0. The highest BCUT2D eigenvalue weighted by Crippen LogP contribution is 2.11. The Hall–Kier alpha value is -1.64. The van der Waals surface area contributed by atoms with Crippen molar-refractivity contribution in [2.75, 3.05) is 6.54 Å². The second-order valence-corrected chi connectivity index (χ2v) is 6.30. The van der Waals surface area contributed by atoms with Crippen LogP contribution < -0.4 is 10.6 Å². The molecule has 2 aromatic rings. The van der Waals surface area contributed by atoms with E-state index in [4.69, 9.17) is 4.99 Å². The van der Waals surface area contributed by atoms with E-state index in [9.17, 15) is 0 Å². The Morgan fingerprint density at radius 1 is 1.19 bits per heavy atom. The molecule has 0 saturated heterocycles. The molecule has 6 nitrogen and oxygen atoms in total. The number of nitrogens with one attached hydrogen (secondary N) is 2. The molecule has 0 spiro atoms. The van der Waals surface area contributed by atoms with Crippen LogP contribution >= 0.6 is 24.0 Å². The molecular weight excluding hydrogens is 439 g/mol. The fraction of sp³-hybridized carbons (Fsp3) is 0.526. The number of benzene rings is 1. The van der Waals surface area contributed by atoms with Crippen molar-refractivity contribution in [2.24, 2.45) is 12.0 Å². The first-order chi connectivity index (χ1) is 12.1. The number of hydrogen-bond donors (Lipinski definition) is 2. The van der Waals surface area contributed by atoms with Gasteiger partial charge >= 0.3 is 0 Å². The van der Waals surface area contributed by atoms with Gasteiger partial charge in [-0.05, 0) is 25.8 Å². The van der Waals surface area contributed by atoms with Crippen LogP contribution in [-0.4, -0.2) is 27.3 Å². The lowest BCUT2D eigenvalue weighted by atomic mass is 10.1. The summed E-state index contributed by atoms with van der Waals surface area (Å²) in [6.07, 6.45) is 3.57. The van der Waals surface area contributed by atoms with Gasteiger partial charge in [0.05, 0.1) is 6.04 Å². The molecule has 1 heterocycles. The first-order valence-corrected chi connectivity index (χ1v) is 9.06. The predicted molar refractivity (Wildman–Crippen MR) is 118 cm³/mol. The van der Waals surface area contributed by atoms with E-state index in [-0.39, 0.29) is 30.0 Å². The Morgan fingerprint density at radius 2 is 1.92 bits per heavy atom. The van der Waals surface area contributed by atoms with E-state index in [1.54, 1.807) is 0 Å². The first kappa shape index (κ1) is 22.4. The van der Waals surface area contributed by atoms with Crippen LogP contribution in [0.15, 0.2) is 35.3 Å². The zero-order valence-corrected chi connectivity index (χ0v) is 18.5. The maximum atomic E-state index is 4.70. The molecule has 0 fully saturated rings. The molecule has 1 aromatic carbocycles. The van der Waals surface area contributed by atoms with Crippen molar-refractivity contribution in [3.8, 4) is 0 Å². The summed E-state index contributed by atoms with van der Waals surface area (Å²) in [4.78, 5) is 4.70. The third-order valence-electron chi connectivity index (χ3n) is 4.29. The van der Waals surface area contributed by atoms with Crippen molar-refractivity contribution in [3.05, 3.63) is 47.5 Å². The van der Waals surface area contributed by atoms with Crippen molar-refractivity contribution in [1.82, 2.24) is 25.4 Å². The average Bonchev–Trinajstić information content (AvgIpc) is 2.95. The van der Waals surface area contributed by atoms with Crippen molar-refractivity contribution >= 4 is 29.9 Å². The monoisotopic (exact) mass is 470 g/mol. The van der Waals surface area contributed by atoms with Crippen LogP contribution in [0.5, 0.6) is 0 Å². The van der Waals surface area contributed by atoms with Crippen LogP contribution in [0, 0.1) is 6.92 Å². The van der Waals surface area contributed by atoms with Crippen LogP contribution in [0.2, 0.25) is 0 Å². The molecule has 144 valence electrons. The highest BCUT2D eigenvalue weighted by Gasteiger charge is 2.09. The maximum Gasteiger partial charge on any atom is 0.192 e. The Morgan fingerprint density at radius 3 is 2.54 bits per heavy atom. The summed E-state index contributed by atoms with van der Waals surface area (Å²) in [5.74, 6) is 2.57. The molecule has 2 rings (SSSR count). The number of halogens is 1. The van der Waals surface area contributed by atoms with Gasteiger partial charge in [-0.2, -0.15) is 0 Å². The topological polar surface area (TPSA) is 67.1 Å². The molecular formula is C19H31IN6. The summed E-state index contributed by atoms with van der Waals surface area (Å²) in [7, 11) is 1.97. The summed E-state index contributed by atoms with van der Waals surface area (Å²) < 4.78 is 1.97. The third kappa shape index (κ3) is 6.93. The number of rotatable bonds is 8. The van der Waals surface area contributed by atoms with Crippen LogP contribution in [-0.2, 0) is 13.6 Å². The zero-order chi connectivity index (χ0) is 18.1. The van der Waals surface area contributed by atoms with Crippen molar-refractivity contribution in [1.29, 1.82) is 0 Å². The van der Waals surface area contributed by atoms with E-state index in [2.05, 4.69) is 58.9 Å². The first-order valence-electron chi connectivity index (χ1n) is 9.06. The molecule has 0 aliphatic carbocycles. The molecule has 1 aromatic heterocycles. The number of aromatic nitrogens is 3. The molecule has 26 heavy (non-hydrogen) atoms. The lowest BCUT2D eigenvalue weighted by Gasteiger charge is -2.18. The second kappa shape index (κ2) is 11.9. The van der Waals surface area contributed by atoms with Gasteiger partial charge in [0.15, 0.2) is 11.8 Å². The number of aryl methyl sites for hydroxylation is 1. The van der Waals surface area contributed by atoms with E-state index < -0.39 is 0 Å². The number of aliphatic imine (C=N–C) groups is 1. The SMILES string of the molecule is CCCCCNC(=NCc1nnc(C)n1C)NC(C)c1ccccc1.I. The molecule has 1 unspecified atom stereocenters. The summed E-state index contributed by atoms with van der Waals surface area (Å²) in [6, 6.07) is 10.6. The highest BCUT2D eigenvalue weighted by atomic mass is 127. The summed E-state index contributed by atoms with van der Waals surface area (Å²) in [6.45, 7) is 7.72. The average molecular weight is 470 g/mol. The molecule has 7 heteroatoms. The largest absolute Gasteiger partial charge is 0.356 e. The minimum atomic E-state index is 0. The van der Waals surface area contributed by atoms with Crippen molar-refractivity contribution in [2.45, 2.75) is 52.6 Å². The summed E-state index contributed by atoms with van der Waals surface area (Å²) in [5.41, 5.74) is 1.24. The van der Waals surface area contributed by atoms with Gasteiger partial charge in [-0.25, -0.2) is 4.99 Å². The molecule has 0 saturated carbocycles. The quantitative estimate of drug-likeness (QED) is 0.267. The fourth-order valence-corrected chi connectivity index (χ4v) is 2.50. The predicted octanol–water partition coefficient (Wildman–Crippen LogP) is 3.73. The van der Waals surface area contributed by atoms with Gasteiger partial charge in [0.2, 0.25) is 0 Å². The van der Waals surface area contributed by atoms with Gasteiger partial charge in [0.25, 0.3) is 0 Å². The van der Waals surface area contributed by atoms with Gasteiger partial charge in [-0.1, -0.05) is 50.1 Å². The molecule has 2 N–H and O–H groups in total. The Balaban J connectivity index is 0.00000338. The molecule has 1 atom stereocenters. The second-order valence-electron chi connectivity index (χ2n) is 6.30. The van der Waals surface area contributed by atoms with E-state index in [1.807, 2.05) is 24.6 Å². The molecule has 0 aliphatic heterocycles. The van der Waals surface area contributed by atoms with Gasteiger partial charge in [-0.3, -0.25) is 0 Å². The summed E-state index contributed by atoms with van der Waals surface area (Å²) in [5, 5.41) is 15.2. The van der Waals surface area contributed by atoms with Crippen LogP contribution in [0.3, 0.4) is 0 Å². The van der Waals surface area contributed by atoms with Crippen molar-refractivity contribution < 1.29 is 0 Å².